The van der Waals surface area contributed by atoms with Crippen molar-refractivity contribution < 1.29 is 14.3 Å². The Hall–Kier alpha value is -0.780. The Morgan fingerprint density at radius 1 is 1.63 bits per heavy atom. The minimum atomic E-state index is -0.0754. The molecule has 1 heterocycles. The molecule has 0 spiro atoms. The lowest BCUT2D eigenvalue weighted by Gasteiger charge is -2.32. The van der Waals surface area contributed by atoms with E-state index in [-0.39, 0.29) is 12.0 Å². The second-order valence-electron chi connectivity index (χ2n) is 4.24. The van der Waals surface area contributed by atoms with Crippen LogP contribution in [0.4, 0.5) is 0 Å². The van der Waals surface area contributed by atoms with Crippen LogP contribution in [0.25, 0.3) is 0 Å². The van der Waals surface area contributed by atoms with Crippen molar-refractivity contribution in [2.75, 3.05) is 32.1 Å². The Morgan fingerprint density at radius 2 is 2.42 bits per heavy atom. The number of morpholine rings is 1. The van der Waals surface area contributed by atoms with E-state index in [9.17, 15) is 4.79 Å². The first-order valence-electron chi connectivity index (χ1n) is 5.96. The topological polar surface area (TPSA) is 38.8 Å². The van der Waals surface area contributed by atoms with Crippen LogP contribution < -0.4 is 4.74 Å². The van der Waals surface area contributed by atoms with Gasteiger partial charge in [0.2, 0.25) is 0 Å². The SMILES string of the molecule is COc1ccc(Cl)cc1C(=O)N1CCOC(CBr)C1. The van der Waals surface area contributed by atoms with Gasteiger partial charge in [0.1, 0.15) is 5.75 Å². The van der Waals surface area contributed by atoms with Gasteiger partial charge in [-0.1, -0.05) is 27.5 Å². The molecule has 1 amide bonds. The second-order valence-corrected chi connectivity index (χ2v) is 5.33. The van der Waals surface area contributed by atoms with Crippen LogP contribution in [-0.2, 0) is 4.74 Å². The predicted octanol–water partition coefficient (Wildman–Crippen LogP) is 2.58. The Bertz CT molecular complexity index is 469. The fourth-order valence-corrected chi connectivity index (χ4v) is 2.58. The standard InChI is InChI=1S/C13H15BrClNO3/c1-18-12-3-2-9(15)6-11(12)13(17)16-4-5-19-10(7-14)8-16/h2-3,6,10H,4-5,7-8H2,1H3. The van der Waals surface area contributed by atoms with Crippen molar-refractivity contribution in [1.82, 2.24) is 4.90 Å². The highest BCUT2D eigenvalue weighted by molar-refractivity contribution is 9.09. The highest BCUT2D eigenvalue weighted by Gasteiger charge is 2.26. The van der Waals surface area contributed by atoms with Crippen LogP contribution in [0.2, 0.25) is 5.02 Å². The van der Waals surface area contributed by atoms with E-state index in [1.54, 1.807) is 30.2 Å². The number of carbonyl (C=O) groups is 1. The summed E-state index contributed by atoms with van der Waals surface area (Å²) in [5, 5.41) is 1.23. The van der Waals surface area contributed by atoms with E-state index in [1.165, 1.54) is 0 Å². The van der Waals surface area contributed by atoms with E-state index in [2.05, 4.69) is 15.9 Å². The van der Waals surface area contributed by atoms with E-state index in [0.29, 0.717) is 41.4 Å². The summed E-state index contributed by atoms with van der Waals surface area (Å²) in [5.41, 5.74) is 0.491. The fraction of sp³-hybridized carbons (Fsp3) is 0.462. The molecule has 6 heteroatoms. The van der Waals surface area contributed by atoms with Crippen LogP contribution >= 0.6 is 27.5 Å². The Morgan fingerprint density at radius 3 is 3.11 bits per heavy atom. The van der Waals surface area contributed by atoms with E-state index in [0.717, 1.165) is 0 Å². The molecule has 4 nitrogen and oxygen atoms in total. The zero-order chi connectivity index (χ0) is 13.8. The molecule has 1 saturated heterocycles. The first kappa shape index (κ1) is 14.6. The number of carbonyl (C=O) groups excluding carboxylic acids is 1. The monoisotopic (exact) mass is 347 g/mol. The van der Waals surface area contributed by atoms with Gasteiger partial charge in [-0.25, -0.2) is 0 Å². The lowest BCUT2D eigenvalue weighted by Crippen LogP contribution is -2.46. The average Bonchev–Trinajstić information content (AvgIpc) is 2.46. The number of halogens is 2. The van der Waals surface area contributed by atoms with Crippen molar-refractivity contribution in [3.8, 4) is 5.75 Å². The quantitative estimate of drug-likeness (QED) is 0.788. The third-order valence-electron chi connectivity index (χ3n) is 2.99. The van der Waals surface area contributed by atoms with Gasteiger partial charge in [-0.2, -0.15) is 0 Å². The second kappa shape index (κ2) is 6.59. The van der Waals surface area contributed by atoms with Gasteiger partial charge in [0.15, 0.2) is 0 Å². The van der Waals surface area contributed by atoms with Crippen molar-refractivity contribution in [2.45, 2.75) is 6.10 Å². The molecule has 1 atom stereocenters. The molecule has 1 aliphatic rings. The molecular weight excluding hydrogens is 334 g/mol. The minimum Gasteiger partial charge on any atom is -0.496 e. The summed E-state index contributed by atoms with van der Waals surface area (Å²) in [5.74, 6) is 0.463. The van der Waals surface area contributed by atoms with Crippen LogP contribution in [-0.4, -0.2) is 49.0 Å². The lowest BCUT2D eigenvalue weighted by molar-refractivity contribution is -0.00975. The molecule has 2 rings (SSSR count). The van der Waals surface area contributed by atoms with Crippen molar-refractivity contribution in [2.24, 2.45) is 0 Å². The number of methoxy groups -OCH3 is 1. The minimum absolute atomic E-state index is 0.0304. The molecule has 1 aromatic carbocycles. The fourth-order valence-electron chi connectivity index (χ4n) is 2.01. The number of rotatable bonds is 3. The van der Waals surface area contributed by atoms with Crippen molar-refractivity contribution >= 4 is 33.4 Å². The highest BCUT2D eigenvalue weighted by Crippen LogP contribution is 2.24. The summed E-state index contributed by atoms with van der Waals surface area (Å²) in [6, 6.07) is 5.05. The smallest absolute Gasteiger partial charge is 0.257 e. The van der Waals surface area contributed by atoms with Crippen LogP contribution in [0.1, 0.15) is 10.4 Å². The Labute approximate surface area is 125 Å². The lowest BCUT2D eigenvalue weighted by atomic mass is 10.1. The van der Waals surface area contributed by atoms with Gasteiger partial charge in [-0.05, 0) is 18.2 Å². The normalized spacial score (nSPS) is 19.3. The summed E-state index contributed by atoms with van der Waals surface area (Å²) in [6.07, 6.45) is 0.0304. The zero-order valence-electron chi connectivity index (χ0n) is 10.6. The number of hydrogen-bond acceptors (Lipinski definition) is 3. The summed E-state index contributed by atoms with van der Waals surface area (Å²) < 4.78 is 10.7. The van der Waals surface area contributed by atoms with Gasteiger partial charge in [0.05, 0.1) is 25.4 Å². The van der Waals surface area contributed by atoms with Gasteiger partial charge in [-0.3, -0.25) is 4.79 Å². The third-order valence-corrected chi connectivity index (χ3v) is 3.95. The van der Waals surface area contributed by atoms with E-state index < -0.39 is 0 Å². The van der Waals surface area contributed by atoms with Gasteiger partial charge >= 0.3 is 0 Å². The first-order valence-corrected chi connectivity index (χ1v) is 7.46. The molecule has 0 N–H and O–H groups in total. The molecule has 0 aliphatic carbocycles. The van der Waals surface area contributed by atoms with Gasteiger partial charge in [-0.15, -0.1) is 0 Å². The van der Waals surface area contributed by atoms with Crippen LogP contribution in [0.15, 0.2) is 18.2 Å². The van der Waals surface area contributed by atoms with E-state index >= 15 is 0 Å². The van der Waals surface area contributed by atoms with Gasteiger partial charge < -0.3 is 14.4 Å². The molecule has 0 radical (unpaired) electrons. The number of benzene rings is 1. The number of alkyl halides is 1. The highest BCUT2D eigenvalue weighted by atomic mass is 79.9. The molecule has 104 valence electrons. The maximum Gasteiger partial charge on any atom is 0.257 e. The van der Waals surface area contributed by atoms with Crippen molar-refractivity contribution in [3.63, 3.8) is 0 Å². The molecule has 1 fully saturated rings. The largest absolute Gasteiger partial charge is 0.496 e. The Kier molecular flexibility index (Phi) is 5.07. The van der Waals surface area contributed by atoms with Crippen LogP contribution in [0, 0.1) is 0 Å². The summed E-state index contributed by atoms with van der Waals surface area (Å²) in [7, 11) is 1.54. The number of amides is 1. The molecule has 1 aromatic rings. The molecule has 1 unspecified atom stereocenters. The summed E-state index contributed by atoms with van der Waals surface area (Å²) in [4.78, 5) is 14.3. The summed E-state index contributed by atoms with van der Waals surface area (Å²) >= 11 is 9.33. The van der Waals surface area contributed by atoms with Gasteiger partial charge in [0.25, 0.3) is 5.91 Å². The summed E-state index contributed by atoms with van der Waals surface area (Å²) in [6.45, 7) is 1.70. The maximum absolute atomic E-state index is 12.5. The molecule has 1 aliphatic heterocycles. The first-order chi connectivity index (χ1) is 9.15. The van der Waals surface area contributed by atoms with E-state index in [4.69, 9.17) is 21.1 Å². The van der Waals surface area contributed by atoms with Crippen LogP contribution in [0.5, 0.6) is 5.75 Å². The maximum atomic E-state index is 12.5. The molecule has 0 saturated carbocycles. The number of hydrogen-bond donors (Lipinski definition) is 0. The third kappa shape index (κ3) is 3.41. The average molecular weight is 349 g/mol. The molecular formula is C13H15BrClNO3. The predicted molar refractivity (Wildman–Crippen MR) is 77.4 cm³/mol. The van der Waals surface area contributed by atoms with Crippen molar-refractivity contribution in [3.05, 3.63) is 28.8 Å². The number of ether oxygens (including phenoxy) is 2. The Balaban J connectivity index is 2.21. The van der Waals surface area contributed by atoms with E-state index in [1.807, 2.05) is 0 Å². The van der Waals surface area contributed by atoms with Crippen molar-refractivity contribution in [1.29, 1.82) is 0 Å². The molecule has 0 bridgehead atoms. The van der Waals surface area contributed by atoms with Gasteiger partial charge in [0, 0.05) is 23.4 Å². The van der Waals surface area contributed by atoms with Crippen LogP contribution in [0.3, 0.4) is 0 Å². The zero-order valence-corrected chi connectivity index (χ0v) is 12.9. The number of nitrogens with zero attached hydrogens (tertiary/aromatic N) is 1. The molecule has 0 aromatic heterocycles. The molecule has 19 heavy (non-hydrogen) atoms.